The molecular formula is C12H18FeO14. The summed E-state index contributed by atoms with van der Waals surface area (Å²) in [6.07, 6.45) is -17.3. The third kappa shape index (κ3) is 10.4. The molecular weight excluding hydrogens is 424 g/mol. The number of aliphatic carboxylic acids is 2. The number of carboxylic acid groups (broad SMARTS) is 2. The number of hydrogen-bond acceptors (Lipinski definition) is 14. The second-order valence-corrected chi connectivity index (χ2v) is 4.74. The maximum Gasteiger partial charge on any atom is 2.00 e. The van der Waals surface area contributed by atoms with E-state index in [1.165, 1.54) is 0 Å². The Labute approximate surface area is 161 Å². The van der Waals surface area contributed by atoms with Crippen LogP contribution in [0.15, 0.2) is 0 Å². The molecule has 0 aliphatic carbocycles. The monoisotopic (exact) mass is 442 g/mol. The zero-order valence-electron chi connectivity index (χ0n) is 13.2. The van der Waals surface area contributed by atoms with Crippen molar-refractivity contribution >= 4 is 24.5 Å². The molecule has 0 aromatic heterocycles. The van der Waals surface area contributed by atoms with E-state index in [2.05, 4.69) is 0 Å². The Kier molecular flexibility index (Phi) is 16.3. The molecule has 0 rings (SSSR count). The molecule has 0 aliphatic heterocycles. The first-order valence-electron chi connectivity index (χ1n) is 6.60. The van der Waals surface area contributed by atoms with Gasteiger partial charge in [-0.2, -0.15) is 0 Å². The molecule has 0 aliphatic rings. The number of carboxylic acids is 2. The van der Waals surface area contributed by atoms with Gasteiger partial charge in [0.1, 0.15) is 48.8 Å². The van der Waals surface area contributed by atoms with Crippen LogP contribution in [-0.2, 0) is 36.2 Å². The molecule has 158 valence electrons. The van der Waals surface area contributed by atoms with Gasteiger partial charge < -0.3 is 70.2 Å². The number of aliphatic hydroxyl groups excluding tert-OH is 8. The fraction of sp³-hybridized carbons (Fsp3) is 0.667. The average molecular weight is 442 g/mol. The fourth-order valence-corrected chi connectivity index (χ4v) is 1.22. The second-order valence-electron chi connectivity index (χ2n) is 4.74. The Hall–Kier alpha value is -1.52. The van der Waals surface area contributed by atoms with Crippen molar-refractivity contribution < 1.29 is 87.3 Å². The maximum absolute atomic E-state index is 9.95. The van der Waals surface area contributed by atoms with E-state index in [-0.39, 0.29) is 29.6 Å². The molecule has 0 heterocycles. The molecule has 27 heavy (non-hydrogen) atoms. The van der Waals surface area contributed by atoms with Crippen LogP contribution >= 0.6 is 0 Å². The van der Waals surface area contributed by atoms with Crippen molar-refractivity contribution in [3.05, 3.63) is 0 Å². The first-order valence-corrected chi connectivity index (χ1v) is 6.60. The third-order valence-electron chi connectivity index (χ3n) is 2.81. The quantitative estimate of drug-likeness (QED) is 0.115. The number of aliphatic hydroxyl groups is 8. The van der Waals surface area contributed by atoms with Crippen LogP contribution < -0.4 is 10.2 Å². The number of rotatable bonds is 10. The van der Waals surface area contributed by atoms with Crippen molar-refractivity contribution in [3.8, 4) is 0 Å². The van der Waals surface area contributed by atoms with Crippen molar-refractivity contribution in [2.45, 2.75) is 48.8 Å². The van der Waals surface area contributed by atoms with Crippen LogP contribution in [0.5, 0.6) is 0 Å². The van der Waals surface area contributed by atoms with E-state index in [0.717, 1.165) is 0 Å². The standard InChI is InChI=1S/2C6H10O7.Fe/c2*7-1-2(8)3(9)4(10)5(11)6(12)13;/h2*1-5,8-11H,(H,12,13);/q;;+2/p-2. The minimum Gasteiger partial charge on any atom is -0.547 e. The predicted molar refractivity (Wildman–Crippen MR) is 70.2 cm³/mol. The van der Waals surface area contributed by atoms with Crippen LogP contribution in [0.25, 0.3) is 0 Å². The van der Waals surface area contributed by atoms with Gasteiger partial charge in [-0.1, -0.05) is 0 Å². The SMILES string of the molecule is O=CC(O)C(O)C(O)C(O)C(=O)[O-].O=CC(O)C(O)C(O)C(O)C(=O)[O-].[Fe+2]. The first kappa shape index (κ1) is 30.2. The van der Waals surface area contributed by atoms with Gasteiger partial charge in [-0.15, -0.1) is 0 Å². The minimum absolute atomic E-state index is 0. The molecule has 8 unspecified atom stereocenters. The summed E-state index contributed by atoms with van der Waals surface area (Å²) >= 11 is 0. The largest absolute Gasteiger partial charge is 2.00 e. The topological polar surface area (TPSA) is 276 Å². The van der Waals surface area contributed by atoms with Gasteiger partial charge in [0, 0.05) is 0 Å². The van der Waals surface area contributed by atoms with Crippen LogP contribution in [0.3, 0.4) is 0 Å². The molecule has 8 N–H and O–H groups in total. The summed E-state index contributed by atoms with van der Waals surface area (Å²) in [6, 6.07) is 0. The van der Waals surface area contributed by atoms with Crippen LogP contribution in [0.2, 0.25) is 0 Å². The molecule has 0 fully saturated rings. The molecule has 0 bridgehead atoms. The van der Waals surface area contributed by atoms with E-state index in [4.69, 9.17) is 40.9 Å². The van der Waals surface area contributed by atoms with Gasteiger partial charge >= 0.3 is 17.1 Å². The van der Waals surface area contributed by atoms with E-state index in [1.54, 1.807) is 0 Å². The Balaban J connectivity index is -0.000000411. The minimum atomic E-state index is -2.36. The van der Waals surface area contributed by atoms with E-state index in [0.29, 0.717) is 0 Å². The van der Waals surface area contributed by atoms with E-state index < -0.39 is 60.8 Å². The van der Waals surface area contributed by atoms with Gasteiger partial charge in [0.05, 0.1) is 11.9 Å². The van der Waals surface area contributed by atoms with Crippen LogP contribution in [-0.4, -0.2) is 114 Å². The Morgan fingerprint density at radius 1 is 0.593 bits per heavy atom. The number of hydrogen-bond donors (Lipinski definition) is 8. The van der Waals surface area contributed by atoms with Crippen LogP contribution in [0, 0.1) is 0 Å². The molecule has 0 saturated carbocycles. The van der Waals surface area contributed by atoms with Gasteiger partial charge in [0.2, 0.25) is 0 Å². The summed E-state index contributed by atoms with van der Waals surface area (Å²) in [5.74, 6) is -4.02. The van der Waals surface area contributed by atoms with Crippen molar-refractivity contribution in [3.63, 3.8) is 0 Å². The van der Waals surface area contributed by atoms with Crippen molar-refractivity contribution in [2.24, 2.45) is 0 Å². The van der Waals surface area contributed by atoms with E-state index >= 15 is 0 Å². The van der Waals surface area contributed by atoms with Crippen molar-refractivity contribution in [2.75, 3.05) is 0 Å². The molecule has 8 atom stereocenters. The molecule has 0 amide bonds. The summed E-state index contributed by atoms with van der Waals surface area (Å²) in [5, 5.41) is 89.7. The molecule has 14 nitrogen and oxygen atoms in total. The third-order valence-corrected chi connectivity index (χ3v) is 2.81. The smallest absolute Gasteiger partial charge is 0.547 e. The van der Waals surface area contributed by atoms with Crippen LogP contribution in [0.4, 0.5) is 0 Å². The molecule has 15 heteroatoms. The van der Waals surface area contributed by atoms with Gasteiger partial charge in [-0.25, -0.2) is 0 Å². The first-order chi connectivity index (χ1) is 11.8. The van der Waals surface area contributed by atoms with Crippen LogP contribution in [0.1, 0.15) is 0 Å². The summed E-state index contributed by atoms with van der Waals surface area (Å²) in [7, 11) is 0. The molecule has 0 aromatic carbocycles. The number of carbonyl (C=O) groups is 4. The van der Waals surface area contributed by atoms with Crippen molar-refractivity contribution in [1.82, 2.24) is 0 Å². The maximum atomic E-state index is 9.95. The normalized spacial score (nSPS) is 19.3. The zero-order chi connectivity index (χ0) is 21.2. The number of carbonyl (C=O) groups excluding carboxylic acids is 4. The zero-order valence-corrected chi connectivity index (χ0v) is 14.3. The average Bonchev–Trinajstić information content (AvgIpc) is 2.62. The molecule has 0 radical (unpaired) electrons. The van der Waals surface area contributed by atoms with Gasteiger partial charge in [-0.3, -0.25) is 0 Å². The summed E-state index contributed by atoms with van der Waals surface area (Å²) < 4.78 is 0. The Morgan fingerprint density at radius 2 is 0.815 bits per heavy atom. The van der Waals surface area contributed by atoms with E-state index in [1.807, 2.05) is 0 Å². The van der Waals surface area contributed by atoms with Crippen molar-refractivity contribution in [1.29, 1.82) is 0 Å². The fourth-order valence-electron chi connectivity index (χ4n) is 1.22. The van der Waals surface area contributed by atoms with Gasteiger partial charge in [0.25, 0.3) is 0 Å². The van der Waals surface area contributed by atoms with Gasteiger partial charge in [0.15, 0.2) is 12.6 Å². The molecule has 0 aromatic rings. The summed E-state index contributed by atoms with van der Waals surface area (Å²) in [6.45, 7) is 0. The van der Waals surface area contributed by atoms with E-state index in [9.17, 15) is 29.4 Å². The Morgan fingerprint density at radius 3 is 0.963 bits per heavy atom. The molecule has 0 spiro atoms. The summed E-state index contributed by atoms with van der Waals surface area (Å²) in [4.78, 5) is 39.7. The van der Waals surface area contributed by atoms with Gasteiger partial charge in [-0.05, 0) is 0 Å². The Bertz CT molecular complexity index is 431. The number of aldehydes is 2. The second kappa shape index (κ2) is 14.5. The summed E-state index contributed by atoms with van der Waals surface area (Å²) in [5.41, 5.74) is 0. The predicted octanol–water partition coefficient (Wildman–Crippen LogP) is -9.24. The molecule has 0 saturated heterocycles.